The summed E-state index contributed by atoms with van der Waals surface area (Å²) in [6, 6.07) is 7.02. The van der Waals surface area contributed by atoms with E-state index in [0.717, 1.165) is 24.9 Å². The van der Waals surface area contributed by atoms with E-state index in [1.165, 1.54) is 55.6 Å². The smallest absolute Gasteiger partial charge is 0.0396 e. The summed E-state index contributed by atoms with van der Waals surface area (Å²) in [7, 11) is 0. The van der Waals surface area contributed by atoms with E-state index < -0.39 is 0 Å². The van der Waals surface area contributed by atoms with Crippen molar-refractivity contribution in [1.82, 2.24) is 5.32 Å². The Bertz CT molecular complexity index is 433. The summed E-state index contributed by atoms with van der Waals surface area (Å²) in [5.41, 5.74) is 4.33. The van der Waals surface area contributed by atoms with Crippen LogP contribution in [-0.2, 0) is 6.54 Å². The molecule has 2 nitrogen and oxygen atoms in total. The molecule has 0 saturated heterocycles. The molecular formula is C18H28N2. The van der Waals surface area contributed by atoms with Crippen LogP contribution in [0.25, 0.3) is 0 Å². The minimum atomic E-state index is 0.967. The Morgan fingerprint density at radius 2 is 1.75 bits per heavy atom. The molecule has 0 heterocycles. The van der Waals surface area contributed by atoms with Crippen LogP contribution in [0.1, 0.15) is 43.7 Å². The molecule has 2 heteroatoms. The van der Waals surface area contributed by atoms with E-state index in [1.807, 2.05) is 0 Å². The van der Waals surface area contributed by atoms with Gasteiger partial charge < -0.3 is 10.2 Å². The maximum Gasteiger partial charge on any atom is 0.0396 e. The molecule has 1 aromatic carbocycles. The van der Waals surface area contributed by atoms with Gasteiger partial charge >= 0.3 is 0 Å². The Morgan fingerprint density at radius 3 is 2.25 bits per heavy atom. The van der Waals surface area contributed by atoms with Gasteiger partial charge in [0.1, 0.15) is 0 Å². The van der Waals surface area contributed by atoms with Gasteiger partial charge in [0.15, 0.2) is 0 Å². The van der Waals surface area contributed by atoms with Crippen LogP contribution in [0.2, 0.25) is 0 Å². The number of hydrogen-bond acceptors (Lipinski definition) is 2. The SMILES string of the molecule is CCNCc1ccc(N(CC2CC2)CC2CC2)c(C)c1. The van der Waals surface area contributed by atoms with E-state index in [-0.39, 0.29) is 0 Å². The van der Waals surface area contributed by atoms with Crippen molar-refractivity contribution in [3.63, 3.8) is 0 Å². The van der Waals surface area contributed by atoms with Crippen LogP contribution < -0.4 is 10.2 Å². The van der Waals surface area contributed by atoms with Gasteiger partial charge in [-0.25, -0.2) is 0 Å². The fourth-order valence-electron chi connectivity index (χ4n) is 2.95. The van der Waals surface area contributed by atoms with E-state index in [9.17, 15) is 0 Å². The second kappa shape index (κ2) is 6.17. The molecule has 0 unspecified atom stereocenters. The molecule has 1 N–H and O–H groups in total. The summed E-state index contributed by atoms with van der Waals surface area (Å²) in [5.74, 6) is 1.93. The summed E-state index contributed by atoms with van der Waals surface area (Å²) >= 11 is 0. The molecule has 2 saturated carbocycles. The summed E-state index contributed by atoms with van der Waals surface area (Å²) in [6.07, 6.45) is 5.77. The highest BCUT2D eigenvalue weighted by Crippen LogP contribution is 2.36. The zero-order valence-corrected chi connectivity index (χ0v) is 13.0. The first-order valence-corrected chi connectivity index (χ1v) is 8.31. The first-order valence-electron chi connectivity index (χ1n) is 8.31. The number of aryl methyl sites for hydroxylation is 1. The largest absolute Gasteiger partial charge is 0.371 e. The van der Waals surface area contributed by atoms with E-state index in [0.29, 0.717) is 0 Å². The molecule has 20 heavy (non-hydrogen) atoms. The maximum atomic E-state index is 3.41. The van der Waals surface area contributed by atoms with Gasteiger partial charge in [-0.2, -0.15) is 0 Å². The second-order valence-corrected chi connectivity index (χ2v) is 6.69. The zero-order chi connectivity index (χ0) is 13.9. The fourth-order valence-corrected chi connectivity index (χ4v) is 2.95. The molecule has 2 aliphatic carbocycles. The van der Waals surface area contributed by atoms with E-state index >= 15 is 0 Å². The van der Waals surface area contributed by atoms with Crippen molar-refractivity contribution < 1.29 is 0 Å². The fraction of sp³-hybridized carbons (Fsp3) is 0.667. The lowest BCUT2D eigenvalue weighted by atomic mass is 10.1. The maximum absolute atomic E-state index is 3.41. The topological polar surface area (TPSA) is 15.3 Å². The molecule has 2 aliphatic rings. The van der Waals surface area contributed by atoms with Gasteiger partial charge in [-0.3, -0.25) is 0 Å². The number of benzene rings is 1. The predicted octanol–water partition coefficient (Wildman–Crippen LogP) is 3.73. The highest BCUT2D eigenvalue weighted by molar-refractivity contribution is 5.55. The molecule has 2 fully saturated rings. The normalized spacial score (nSPS) is 18.3. The summed E-state index contributed by atoms with van der Waals surface area (Å²) < 4.78 is 0. The van der Waals surface area contributed by atoms with Crippen molar-refractivity contribution in [1.29, 1.82) is 0 Å². The monoisotopic (exact) mass is 272 g/mol. The molecule has 0 atom stereocenters. The number of hydrogen-bond donors (Lipinski definition) is 1. The molecule has 0 aliphatic heterocycles. The lowest BCUT2D eigenvalue weighted by Gasteiger charge is -2.27. The van der Waals surface area contributed by atoms with Crippen molar-refractivity contribution in [3.8, 4) is 0 Å². The van der Waals surface area contributed by atoms with E-state index in [1.54, 1.807) is 0 Å². The van der Waals surface area contributed by atoms with Crippen LogP contribution in [0, 0.1) is 18.8 Å². The molecule has 110 valence electrons. The van der Waals surface area contributed by atoms with Gasteiger partial charge in [0.25, 0.3) is 0 Å². The Balaban J connectivity index is 1.70. The first kappa shape index (κ1) is 13.9. The van der Waals surface area contributed by atoms with E-state index in [4.69, 9.17) is 0 Å². The highest BCUT2D eigenvalue weighted by Gasteiger charge is 2.29. The third-order valence-electron chi connectivity index (χ3n) is 4.53. The Labute approximate surface area is 123 Å². The van der Waals surface area contributed by atoms with Crippen molar-refractivity contribution >= 4 is 5.69 Å². The molecule has 3 rings (SSSR count). The molecule has 1 aromatic rings. The summed E-state index contributed by atoms with van der Waals surface area (Å²) in [6.45, 7) is 9.03. The average Bonchev–Trinajstić information content (AvgIpc) is 3.31. The van der Waals surface area contributed by atoms with Crippen LogP contribution in [0.4, 0.5) is 5.69 Å². The summed E-state index contributed by atoms with van der Waals surface area (Å²) in [4.78, 5) is 2.67. The summed E-state index contributed by atoms with van der Waals surface area (Å²) in [5, 5.41) is 3.41. The van der Waals surface area contributed by atoms with Crippen LogP contribution in [0.15, 0.2) is 18.2 Å². The van der Waals surface area contributed by atoms with Crippen LogP contribution in [0.5, 0.6) is 0 Å². The molecule has 0 amide bonds. The Morgan fingerprint density at radius 1 is 1.10 bits per heavy atom. The third-order valence-corrected chi connectivity index (χ3v) is 4.53. The zero-order valence-electron chi connectivity index (χ0n) is 13.0. The average molecular weight is 272 g/mol. The Kier molecular flexibility index (Phi) is 4.30. The molecular weight excluding hydrogens is 244 g/mol. The standard InChI is InChI=1S/C18H28N2/c1-3-19-11-17-8-9-18(14(2)10-17)20(12-15-4-5-15)13-16-6-7-16/h8-10,15-16,19H,3-7,11-13H2,1-2H3. The number of nitrogens with zero attached hydrogens (tertiary/aromatic N) is 1. The predicted molar refractivity (Wildman–Crippen MR) is 86.2 cm³/mol. The van der Waals surface area contributed by atoms with Crippen LogP contribution in [-0.4, -0.2) is 19.6 Å². The lowest BCUT2D eigenvalue weighted by molar-refractivity contribution is 0.677. The van der Waals surface area contributed by atoms with Gasteiger partial charge in [-0.05, 0) is 68.2 Å². The van der Waals surface area contributed by atoms with Crippen molar-refractivity contribution in [3.05, 3.63) is 29.3 Å². The van der Waals surface area contributed by atoms with Crippen LogP contribution >= 0.6 is 0 Å². The lowest BCUT2D eigenvalue weighted by Crippen LogP contribution is -2.28. The molecule has 0 bridgehead atoms. The number of anilines is 1. The van der Waals surface area contributed by atoms with Gasteiger partial charge in [0, 0.05) is 25.3 Å². The van der Waals surface area contributed by atoms with Crippen molar-refractivity contribution in [2.24, 2.45) is 11.8 Å². The number of rotatable bonds is 8. The van der Waals surface area contributed by atoms with Crippen molar-refractivity contribution in [2.45, 2.75) is 46.1 Å². The van der Waals surface area contributed by atoms with Gasteiger partial charge in [0.05, 0.1) is 0 Å². The second-order valence-electron chi connectivity index (χ2n) is 6.69. The molecule has 0 radical (unpaired) electrons. The van der Waals surface area contributed by atoms with Gasteiger partial charge in [-0.1, -0.05) is 19.1 Å². The quantitative estimate of drug-likeness (QED) is 0.775. The van der Waals surface area contributed by atoms with Gasteiger partial charge in [-0.15, -0.1) is 0 Å². The minimum Gasteiger partial charge on any atom is -0.371 e. The van der Waals surface area contributed by atoms with E-state index in [2.05, 4.69) is 42.3 Å². The van der Waals surface area contributed by atoms with Gasteiger partial charge in [0.2, 0.25) is 0 Å². The molecule has 0 aromatic heterocycles. The number of nitrogens with one attached hydrogen (secondary N) is 1. The minimum absolute atomic E-state index is 0.967. The van der Waals surface area contributed by atoms with Crippen molar-refractivity contribution in [2.75, 3.05) is 24.5 Å². The van der Waals surface area contributed by atoms with Crippen LogP contribution in [0.3, 0.4) is 0 Å². The third kappa shape index (κ3) is 3.76. The first-order chi connectivity index (χ1) is 9.76. The highest BCUT2D eigenvalue weighted by atomic mass is 15.1. The molecule has 0 spiro atoms. The Hall–Kier alpha value is -1.02.